The van der Waals surface area contributed by atoms with Gasteiger partial charge < -0.3 is 15.5 Å². The van der Waals surface area contributed by atoms with Crippen molar-refractivity contribution in [3.63, 3.8) is 0 Å². The lowest BCUT2D eigenvalue weighted by molar-refractivity contribution is 0.0925. The molecule has 35 heavy (non-hydrogen) atoms. The molecule has 0 saturated carbocycles. The third kappa shape index (κ3) is 5.11. The smallest absolute Gasteiger partial charge is 0.255 e. The van der Waals surface area contributed by atoms with Gasteiger partial charge in [0.2, 0.25) is 0 Å². The number of nitrogens with two attached hydrogens (primary N) is 1. The first-order chi connectivity index (χ1) is 16.8. The van der Waals surface area contributed by atoms with Crippen LogP contribution in [-0.2, 0) is 0 Å². The van der Waals surface area contributed by atoms with E-state index in [0.717, 1.165) is 12.0 Å². The van der Waals surface area contributed by atoms with Crippen LogP contribution in [0.3, 0.4) is 0 Å². The van der Waals surface area contributed by atoms with Crippen LogP contribution >= 0.6 is 0 Å². The van der Waals surface area contributed by atoms with Crippen LogP contribution in [0.1, 0.15) is 54.8 Å². The van der Waals surface area contributed by atoms with Crippen LogP contribution in [-0.4, -0.2) is 18.7 Å². The number of ketones is 1. The summed E-state index contributed by atoms with van der Waals surface area (Å²) in [6.45, 7) is 7.89. The van der Waals surface area contributed by atoms with Crippen molar-refractivity contribution >= 4 is 28.3 Å². The molecule has 0 aliphatic carbocycles. The van der Waals surface area contributed by atoms with Crippen LogP contribution in [0, 0.1) is 11.7 Å². The van der Waals surface area contributed by atoms with E-state index in [1.807, 2.05) is 45.9 Å². The second-order valence-corrected chi connectivity index (χ2v) is 8.08. The Morgan fingerprint density at radius 1 is 1.03 bits per heavy atom. The molecule has 0 aliphatic rings. The number of nitrogens with one attached hydrogen (secondary N) is 1. The molecule has 1 amide bonds. The SMILES string of the molecule is CC.CCC(C)C(=O)c1cccc(-c2cc3c(C(=O)NC)c(-c4ccc(F)cc4)oc3cc2N)c1. The standard InChI is InChI=1S/C27H25FN2O3.C2H6/c1-4-15(2)25(31)18-7-5-6-17(12-18)20-13-21-23(14-22(20)29)33-26(24(21)27(32)30-3)16-8-10-19(28)11-9-16;1-2/h5-15H,4,29H2,1-3H3,(H,30,32);1-2H3. The fraction of sp³-hybridized carbons (Fsp3) is 0.241. The summed E-state index contributed by atoms with van der Waals surface area (Å²) in [5, 5.41) is 3.23. The zero-order valence-corrected chi connectivity index (χ0v) is 20.7. The molecular formula is C29H31FN2O3. The molecule has 0 saturated heterocycles. The Balaban J connectivity index is 0.00000167. The molecule has 1 aromatic heterocycles. The molecule has 6 heteroatoms. The fourth-order valence-electron chi connectivity index (χ4n) is 3.87. The molecule has 1 atom stereocenters. The molecule has 1 unspecified atom stereocenters. The lowest BCUT2D eigenvalue weighted by atomic mass is 9.93. The molecule has 3 aromatic carbocycles. The van der Waals surface area contributed by atoms with Crippen molar-refractivity contribution in [1.82, 2.24) is 5.32 Å². The summed E-state index contributed by atoms with van der Waals surface area (Å²) in [6.07, 6.45) is 0.758. The maximum atomic E-state index is 13.4. The van der Waals surface area contributed by atoms with E-state index in [1.54, 1.807) is 30.3 Å². The van der Waals surface area contributed by atoms with Gasteiger partial charge >= 0.3 is 0 Å². The summed E-state index contributed by atoms with van der Waals surface area (Å²) in [4.78, 5) is 25.5. The largest absolute Gasteiger partial charge is 0.455 e. The zero-order valence-electron chi connectivity index (χ0n) is 20.7. The zero-order chi connectivity index (χ0) is 25.7. The van der Waals surface area contributed by atoms with Crippen molar-refractivity contribution in [2.24, 2.45) is 5.92 Å². The number of nitrogen functional groups attached to an aromatic ring is 1. The molecule has 0 fully saturated rings. The third-order valence-corrected chi connectivity index (χ3v) is 5.94. The van der Waals surface area contributed by atoms with Crippen molar-refractivity contribution < 1.29 is 18.4 Å². The Bertz CT molecular complexity index is 1360. The summed E-state index contributed by atoms with van der Waals surface area (Å²) in [7, 11) is 1.54. The van der Waals surface area contributed by atoms with Crippen molar-refractivity contribution in [3.8, 4) is 22.5 Å². The van der Waals surface area contributed by atoms with Gasteiger partial charge in [-0.25, -0.2) is 4.39 Å². The Labute approximate surface area is 205 Å². The van der Waals surface area contributed by atoms with E-state index in [4.69, 9.17) is 10.2 Å². The number of Topliss-reactive ketones (excluding diaryl/α,β-unsaturated/α-hetero) is 1. The maximum absolute atomic E-state index is 13.4. The quantitative estimate of drug-likeness (QED) is 0.230. The summed E-state index contributed by atoms with van der Waals surface area (Å²) in [6, 6.07) is 16.6. The van der Waals surface area contributed by atoms with Crippen LogP contribution in [0.5, 0.6) is 0 Å². The highest BCUT2D eigenvalue weighted by Gasteiger charge is 2.23. The summed E-state index contributed by atoms with van der Waals surface area (Å²) in [5.74, 6) is -0.375. The number of furan rings is 1. The molecule has 0 aliphatic heterocycles. The predicted molar refractivity (Wildman–Crippen MR) is 140 cm³/mol. The van der Waals surface area contributed by atoms with Crippen LogP contribution in [0.4, 0.5) is 10.1 Å². The van der Waals surface area contributed by atoms with E-state index in [-0.39, 0.29) is 23.4 Å². The number of fused-ring (bicyclic) bond motifs is 1. The Morgan fingerprint density at radius 3 is 2.34 bits per heavy atom. The number of hydrogen-bond donors (Lipinski definition) is 2. The van der Waals surface area contributed by atoms with Crippen molar-refractivity contribution in [2.75, 3.05) is 12.8 Å². The Kier molecular flexibility index (Phi) is 8.07. The number of halogens is 1. The molecule has 0 bridgehead atoms. The van der Waals surface area contributed by atoms with E-state index in [2.05, 4.69) is 5.32 Å². The molecule has 5 nitrogen and oxygen atoms in total. The first-order valence-corrected chi connectivity index (χ1v) is 11.8. The highest BCUT2D eigenvalue weighted by Crippen LogP contribution is 2.39. The molecule has 4 aromatic rings. The molecule has 3 N–H and O–H groups in total. The van der Waals surface area contributed by atoms with Gasteiger partial charge in [-0.2, -0.15) is 0 Å². The van der Waals surface area contributed by atoms with E-state index < -0.39 is 0 Å². The van der Waals surface area contributed by atoms with Gasteiger partial charge in [-0.15, -0.1) is 0 Å². The first-order valence-electron chi connectivity index (χ1n) is 11.8. The number of rotatable bonds is 6. The lowest BCUT2D eigenvalue weighted by Crippen LogP contribution is -2.18. The van der Waals surface area contributed by atoms with Crippen LogP contribution in [0.2, 0.25) is 0 Å². The van der Waals surface area contributed by atoms with Gasteiger partial charge in [0.25, 0.3) is 5.91 Å². The monoisotopic (exact) mass is 474 g/mol. The van der Waals surface area contributed by atoms with Gasteiger partial charge in [-0.05, 0) is 48.4 Å². The van der Waals surface area contributed by atoms with Gasteiger partial charge in [-0.3, -0.25) is 9.59 Å². The second-order valence-electron chi connectivity index (χ2n) is 8.08. The average molecular weight is 475 g/mol. The van der Waals surface area contributed by atoms with Crippen LogP contribution < -0.4 is 11.1 Å². The molecular weight excluding hydrogens is 443 g/mol. The lowest BCUT2D eigenvalue weighted by Gasteiger charge is -2.11. The van der Waals surface area contributed by atoms with Gasteiger partial charge in [0.1, 0.15) is 17.2 Å². The number of carbonyl (C=O) groups is 2. The minimum Gasteiger partial charge on any atom is -0.455 e. The normalized spacial score (nSPS) is 11.5. The molecule has 0 spiro atoms. The third-order valence-electron chi connectivity index (χ3n) is 5.94. The Morgan fingerprint density at radius 2 is 1.71 bits per heavy atom. The minimum atomic E-state index is -0.380. The van der Waals surface area contributed by atoms with E-state index >= 15 is 0 Å². The molecule has 4 rings (SSSR count). The van der Waals surface area contributed by atoms with Gasteiger partial charge in [0.15, 0.2) is 5.78 Å². The molecule has 1 heterocycles. The number of benzene rings is 3. The molecule has 0 radical (unpaired) electrons. The summed E-state index contributed by atoms with van der Waals surface area (Å²) >= 11 is 0. The first kappa shape index (κ1) is 25.7. The Hall–Kier alpha value is -3.93. The van der Waals surface area contributed by atoms with Gasteiger partial charge in [0.05, 0.1) is 5.56 Å². The fourth-order valence-corrected chi connectivity index (χ4v) is 3.87. The number of anilines is 1. The van der Waals surface area contributed by atoms with Crippen LogP contribution in [0.15, 0.2) is 65.1 Å². The van der Waals surface area contributed by atoms with Crippen molar-refractivity contribution in [2.45, 2.75) is 34.1 Å². The van der Waals surface area contributed by atoms with E-state index in [9.17, 15) is 14.0 Å². The summed E-state index contributed by atoms with van der Waals surface area (Å²) in [5.41, 5.74) is 10.3. The maximum Gasteiger partial charge on any atom is 0.255 e. The summed E-state index contributed by atoms with van der Waals surface area (Å²) < 4.78 is 19.4. The van der Waals surface area contributed by atoms with E-state index in [0.29, 0.717) is 44.7 Å². The van der Waals surface area contributed by atoms with Crippen LogP contribution in [0.25, 0.3) is 33.4 Å². The minimum absolute atomic E-state index is 0.0759. The number of amides is 1. The average Bonchev–Trinajstić information content (AvgIpc) is 3.26. The number of hydrogen-bond acceptors (Lipinski definition) is 4. The van der Waals surface area contributed by atoms with Gasteiger partial charge in [-0.1, -0.05) is 45.9 Å². The molecule has 182 valence electrons. The predicted octanol–water partition coefficient (Wildman–Crippen LogP) is 7.10. The number of carbonyl (C=O) groups excluding carboxylic acids is 2. The van der Waals surface area contributed by atoms with Gasteiger partial charge in [0, 0.05) is 46.8 Å². The van der Waals surface area contributed by atoms with E-state index in [1.165, 1.54) is 19.2 Å². The second kappa shape index (κ2) is 11.0. The highest BCUT2D eigenvalue weighted by molar-refractivity contribution is 6.12. The topological polar surface area (TPSA) is 85.3 Å². The highest BCUT2D eigenvalue weighted by atomic mass is 19.1. The van der Waals surface area contributed by atoms with Crippen molar-refractivity contribution in [3.05, 3.63) is 77.6 Å². The van der Waals surface area contributed by atoms with Crippen molar-refractivity contribution in [1.29, 1.82) is 0 Å².